The Morgan fingerprint density at radius 2 is 1.76 bits per heavy atom. The molecule has 1 aliphatic heterocycles. The summed E-state index contributed by atoms with van der Waals surface area (Å²) in [6.07, 6.45) is 0. The quantitative estimate of drug-likeness (QED) is 0.751. The summed E-state index contributed by atoms with van der Waals surface area (Å²) in [5, 5.41) is 13.0. The van der Waals surface area contributed by atoms with Gasteiger partial charge < -0.3 is 15.3 Å². The van der Waals surface area contributed by atoms with Crippen LogP contribution in [-0.2, 0) is 4.79 Å². The van der Waals surface area contributed by atoms with Gasteiger partial charge in [-0.1, -0.05) is 34.8 Å². The number of benzene rings is 1. The molecule has 25 heavy (non-hydrogen) atoms. The largest absolute Gasteiger partial charge is 0.505 e. The van der Waals surface area contributed by atoms with Crippen molar-refractivity contribution in [3.8, 4) is 5.75 Å². The van der Waals surface area contributed by atoms with Crippen LogP contribution in [0.25, 0.3) is 0 Å². The molecular weight excluding hydrogens is 389 g/mol. The Bertz CT molecular complexity index is 648. The number of hydrogen-bond donors (Lipinski definition) is 2. The summed E-state index contributed by atoms with van der Waals surface area (Å²) in [7, 11) is 0. The van der Waals surface area contributed by atoms with Crippen LogP contribution in [0, 0.1) is 0 Å². The lowest BCUT2D eigenvalue weighted by Gasteiger charge is -2.34. The molecule has 1 aromatic rings. The minimum atomic E-state index is -0.432. The average Bonchev–Trinajstić information content (AvgIpc) is 2.53. The van der Waals surface area contributed by atoms with Crippen molar-refractivity contribution in [3.05, 3.63) is 26.7 Å². The Morgan fingerprint density at radius 3 is 2.32 bits per heavy atom. The predicted octanol–water partition coefficient (Wildman–Crippen LogP) is 2.63. The molecule has 0 aliphatic carbocycles. The lowest BCUT2D eigenvalue weighted by atomic mass is 10.1. The van der Waals surface area contributed by atoms with Gasteiger partial charge in [-0.05, 0) is 19.9 Å². The van der Waals surface area contributed by atoms with Gasteiger partial charge in [0.2, 0.25) is 5.91 Å². The molecule has 0 unspecified atom stereocenters. The van der Waals surface area contributed by atoms with Crippen LogP contribution in [0.3, 0.4) is 0 Å². The molecule has 1 fully saturated rings. The molecule has 1 aliphatic rings. The average molecular weight is 409 g/mol. The van der Waals surface area contributed by atoms with Gasteiger partial charge in [-0.3, -0.25) is 14.5 Å². The van der Waals surface area contributed by atoms with Crippen molar-refractivity contribution in [2.75, 3.05) is 32.7 Å². The fourth-order valence-electron chi connectivity index (χ4n) is 2.62. The van der Waals surface area contributed by atoms with Crippen LogP contribution in [0.2, 0.25) is 15.1 Å². The third kappa shape index (κ3) is 4.91. The van der Waals surface area contributed by atoms with Gasteiger partial charge in [0.05, 0.1) is 21.6 Å². The van der Waals surface area contributed by atoms with E-state index < -0.39 is 5.91 Å². The molecule has 2 N–H and O–H groups in total. The van der Waals surface area contributed by atoms with Crippen LogP contribution in [0.4, 0.5) is 0 Å². The number of amides is 2. The number of nitrogens with one attached hydrogen (secondary N) is 1. The highest BCUT2D eigenvalue weighted by Crippen LogP contribution is 2.39. The van der Waals surface area contributed by atoms with Gasteiger partial charge in [0.25, 0.3) is 5.91 Å². The van der Waals surface area contributed by atoms with Gasteiger partial charge in [-0.2, -0.15) is 0 Å². The van der Waals surface area contributed by atoms with Crippen molar-refractivity contribution in [2.45, 2.75) is 19.9 Å². The van der Waals surface area contributed by atoms with E-state index in [-0.39, 0.29) is 44.9 Å². The topological polar surface area (TPSA) is 72.9 Å². The van der Waals surface area contributed by atoms with Gasteiger partial charge in [-0.25, -0.2) is 0 Å². The van der Waals surface area contributed by atoms with Crippen LogP contribution in [-0.4, -0.2) is 65.5 Å². The van der Waals surface area contributed by atoms with Crippen molar-refractivity contribution in [2.24, 2.45) is 0 Å². The first kappa shape index (κ1) is 20.1. The third-order valence-corrected chi connectivity index (χ3v) is 4.91. The number of hydrogen-bond acceptors (Lipinski definition) is 4. The van der Waals surface area contributed by atoms with Crippen molar-refractivity contribution in [1.29, 1.82) is 0 Å². The Balaban J connectivity index is 2.02. The Labute approximate surface area is 161 Å². The zero-order chi connectivity index (χ0) is 18.7. The maximum atomic E-state index is 12.7. The third-order valence-electron chi connectivity index (χ3n) is 3.84. The fourth-order valence-corrected chi connectivity index (χ4v) is 3.31. The monoisotopic (exact) mass is 407 g/mol. The van der Waals surface area contributed by atoms with E-state index in [9.17, 15) is 14.7 Å². The predicted molar refractivity (Wildman–Crippen MR) is 98.8 cm³/mol. The van der Waals surface area contributed by atoms with Gasteiger partial charge >= 0.3 is 0 Å². The van der Waals surface area contributed by atoms with Gasteiger partial charge in [-0.15, -0.1) is 0 Å². The van der Waals surface area contributed by atoms with E-state index in [1.54, 1.807) is 4.90 Å². The first-order valence-corrected chi connectivity index (χ1v) is 9.01. The molecule has 1 heterocycles. The van der Waals surface area contributed by atoms with E-state index in [0.29, 0.717) is 26.2 Å². The second kappa shape index (κ2) is 8.45. The summed E-state index contributed by atoms with van der Waals surface area (Å²) in [4.78, 5) is 28.0. The maximum absolute atomic E-state index is 12.7. The van der Waals surface area contributed by atoms with Crippen LogP contribution < -0.4 is 5.32 Å². The Kier molecular flexibility index (Phi) is 6.79. The number of carbonyl (C=O) groups is 2. The normalized spacial score (nSPS) is 15.5. The number of phenolic OH excluding ortho intramolecular Hbond substituents is 1. The Morgan fingerprint density at radius 1 is 1.16 bits per heavy atom. The Hall–Kier alpha value is -1.21. The van der Waals surface area contributed by atoms with Crippen LogP contribution in [0.5, 0.6) is 5.75 Å². The highest BCUT2D eigenvalue weighted by Gasteiger charge is 2.28. The van der Waals surface area contributed by atoms with Gasteiger partial charge in [0.15, 0.2) is 0 Å². The second-order valence-corrected chi connectivity index (χ2v) is 7.36. The standard InChI is InChI=1S/C16H20Cl3N3O3/c1-9(2)20-12(23)8-21-3-5-22(6-4-21)16(25)13-14(19)10(17)7-11(18)15(13)24/h7,9,24H,3-6,8H2,1-2H3,(H,20,23). The second-order valence-electron chi connectivity index (χ2n) is 6.17. The number of rotatable bonds is 4. The zero-order valence-corrected chi connectivity index (χ0v) is 16.3. The van der Waals surface area contributed by atoms with E-state index in [1.807, 2.05) is 18.7 Å². The number of nitrogens with zero attached hydrogens (tertiary/aromatic N) is 2. The van der Waals surface area contributed by atoms with E-state index in [1.165, 1.54) is 6.07 Å². The maximum Gasteiger partial charge on any atom is 0.259 e. The molecule has 0 aromatic heterocycles. The minimum absolute atomic E-state index is 0.0210. The van der Waals surface area contributed by atoms with Crippen LogP contribution in [0.15, 0.2) is 6.07 Å². The zero-order valence-electron chi connectivity index (χ0n) is 14.0. The van der Waals surface area contributed by atoms with Crippen LogP contribution in [0.1, 0.15) is 24.2 Å². The number of aromatic hydroxyl groups is 1. The molecule has 1 aromatic carbocycles. The molecule has 0 spiro atoms. The highest BCUT2D eigenvalue weighted by molar-refractivity contribution is 6.45. The summed E-state index contributed by atoms with van der Waals surface area (Å²) in [6.45, 7) is 6.01. The summed E-state index contributed by atoms with van der Waals surface area (Å²) in [5.74, 6) is -0.852. The molecule has 138 valence electrons. The van der Waals surface area contributed by atoms with E-state index in [0.717, 1.165) is 0 Å². The number of piperazine rings is 1. The number of halogens is 3. The van der Waals surface area contributed by atoms with Crippen molar-refractivity contribution < 1.29 is 14.7 Å². The fraction of sp³-hybridized carbons (Fsp3) is 0.500. The molecule has 0 saturated carbocycles. The molecular formula is C16H20Cl3N3O3. The lowest BCUT2D eigenvalue weighted by molar-refractivity contribution is -0.123. The SMILES string of the molecule is CC(C)NC(=O)CN1CCN(C(=O)c2c(O)c(Cl)cc(Cl)c2Cl)CC1. The van der Waals surface area contributed by atoms with Crippen molar-refractivity contribution in [1.82, 2.24) is 15.1 Å². The molecule has 0 atom stereocenters. The molecule has 0 radical (unpaired) electrons. The summed E-state index contributed by atoms with van der Waals surface area (Å²) >= 11 is 17.9. The van der Waals surface area contributed by atoms with Gasteiger partial charge in [0.1, 0.15) is 11.3 Å². The molecule has 2 amide bonds. The minimum Gasteiger partial charge on any atom is -0.505 e. The van der Waals surface area contributed by atoms with Crippen molar-refractivity contribution >= 4 is 46.6 Å². The molecule has 0 bridgehead atoms. The van der Waals surface area contributed by atoms with Crippen molar-refractivity contribution in [3.63, 3.8) is 0 Å². The highest BCUT2D eigenvalue weighted by atomic mass is 35.5. The van der Waals surface area contributed by atoms with Gasteiger partial charge in [0, 0.05) is 32.2 Å². The van der Waals surface area contributed by atoms with Crippen LogP contribution >= 0.6 is 34.8 Å². The lowest BCUT2D eigenvalue weighted by Crippen LogP contribution is -2.51. The summed E-state index contributed by atoms with van der Waals surface area (Å²) in [6, 6.07) is 1.39. The molecule has 1 saturated heterocycles. The summed E-state index contributed by atoms with van der Waals surface area (Å²) < 4.78 is 0. The molecule has 2 rings (SSSR count). The van der Waals surface area contributed by atoms with E-state index in [4.69, 9.17) is 34.8 Å². The number of phenols is 1. The number of carbonyl (C=O) groups excluding carboxylic acids is 2. The molecule has 6 nitrogen and oxygen atoms in total. The first-order valence-electron chi connectivity index (χ1n) is 7.88. The summed E-state index contributed by atoms with van der Waals surface area (Å²) in [5.41, 5.74) is -0.0924. The molecule has 9 heteroatoms. The first-order chi connectivity index (χ1) is 11.7. The van der Waals surface area contributed by atoms with E-state index in [2.05, 4.69) is 5.32 Å². The smallest absolute Gasteiger partial charge is 0.259 e. The van der Waals surface area contributed by atoms with E-state index >= 15 is 0 Å².